The number of hydrogen-bond acceptors (Lipinski definition) is 4. The zero-order chi connectivity index (χ0) is 11.8. The van der Waals surface area contributed by atoms with Crippen molar-refractivity contribution in [2.75, 3.05) is 6.61 Å². The highest BCUT2D eigenvalue weighted by Crippen LogP contribution is 2.31. The maximum Gasteiger partial charge on any atom is 0.171 e. The summed E-state index contributed by atoms with van der Waals surface area (Å²) in [6.45, 7) is 1.22. The summed E-state index contributed by atoms with van der Waals surface area (Å²) in [4.78, 5) is 9.93. The van der Waals surface area contributed by atoms with Crippen LogP contribution in [0.25, 0.3) is 10.7 Å². The van der Waals surface area contributed by atoms with Crippen LogP contribution in [0.15, 0.2) is 15.9 Å². The third-order valence-electron chi connectivity index (χ3n) is 2.57. The number of thiophene rings is 1. The van der Waals surface area contributed by atoms with Crippen molar-refractivity contribution in [3.63, 3.8) is 0 Å². The SMILES string of the molecule is Clc1nc(-c2ccc(Br)s2)nc2c1COCC2. The molecule has 0 bridgehead atoms. The summed E-state index contributed by atoms with van der Waals surface area (Å²) in [7, 11) is 0. The zero-order valence-corrected chi connectivity index (χ0v) is 11.9. The Bertz CT molecular complexity index is 573. The number of fused-ring (bicyclic) bond motifs is 1. The van der Waals surface area contributed by atoms with E-state index in [-0.39, 0.29) is 0 Å². The summed E-state index contributed by atoms with van der Waals surface area (Å²) < 4.78 is 6.42. The number of nitrogens with zero attached hydrogens (tertiary/aromatic N) is 2. The Kier molecular flexibility index (Phi) is 3.17. The van der Waals surface area contributed by atoms with Crippen molar-refractivity contribution in [3.05, 3.63) is 32.3 Å². The summed E-state index contributed by atoms with van der Waals surface area (Å²) >= 11 is 11.2. The molecule has 3 heterocycles. The monoisotopic (exact) mass is 330 g/mol. The van der Waals surface area contributed by atoms with Gasteiger partial charge in [-0.15, -0.1) is 11.3 Å². The molecule has 0 N–H and O–H groups in total. The first-order chi connectivity index (χ1) is 8.24. The van der Waals surface area contributed by atoms with Crippen LogP contribution in [0.2, 0.25) is 5.15 Å². The first-order valence-electron chi connectivity index (χ1n) is 5.13. The van der Waals surface area contributed by atoms with Crippen LogP contribution < -0.4 is 0 Å². The average molecular weight is 332 g/mol. The number of ether oxygens (including phenoxy) is 1. The minimum atomic E-state index is 0.509. The van der Waals surface area contributed by atoms with Crippen molar-refractivity contribution < 1.29 is 4.74 Å². The highest BCUT2D eigenvalue weighted by Gasteiger charge is 2.18. The molecule has 6 heteroatoms. The van der Waals surface area contributed by atoms with Crippen LogP contribution >= 0.6 is 38.9 Å². The smallest absolute Gasteiger partial charge is 0.171 e. The molecule has 17 heavy (non-hydrogen) atoms. The first kappa shape index (κ1) is 11.6. The summed E-state index contributed by atoms with van der Waals surface area (Å²) in [5.41, 5.74) is 1.94. The van der Waals surface area contributed by atoms with Crippen LogP contribution in [-0.4, -0.2) is 16.6 Å². The molecule has 0 atom stereocenters. The summed E-state index contributed by atoms with van der Waals surface area (Å²) in [5, 5.41) is 0.509. The van der Waals surface area contributed by atoms with Crippen molar-refractivity contribution in [2.45, 2.75) is 13.0 Å². The van der Waals surface area contributed by atoms with Crippen molar-refractivity contribution in [1.29, 1.82) is 0 Å². The topological polar surface area (TPSA) is 35.0 Å². The molecule has 0 unspecified atom stereocenters. The normalized spacial score (nSPS) is 14.7. The predicted molar refractivity (Wildman–Crippen MR) is 71.4 cm³/mol. The highest BCUT2D eigenvalue weighted by atomic mass is 79.9. The van der Waals surface area contributed by atoms with Gasteiger partial charge in [-0.25, -0.2) is 9.97 Å². The molecular weight excluding hydrogens is 324 g/mol. The van der Waals surface area contributed by atoms with Gasteiger partial charge in [0.05, 0.1) is 27.6 Å². The van der Waals surface area contributed by atoms with E-state index in [1.165, 1.54) is 0 Å². The molecule has 0 amide bonds. The lowest BCUT2D eigenvalue weighted by Crippen LogP contribution is -2.13. The molecule has 3 rings (SSSR count). The van der Waals surface area contributed by atoms with E-state index in [1.54, 1.807) is 11.3 Å². The molecule has 3 nitrogen and oxygen atoms in total. The van der Waals surface area contributed by atoms with Crippen LogP contribution in [-0.2, 0) is 17.8 Å². The fraction of sp³-hybridized carbons (Fsp3) is 0.273. The molecule has 1 aliphatic rings. The van der Waals surface area contributed by atoms with Crippen molar-refractivity contribution in [1.82, 2.24) is 9.97 Å². The molecular formula is C11H8BrClN2OS. The second-order valence-corrected chi connectivity index (χ2v) is 6.49. The fourth-order valence-corrected chi connectivity index (χ4v) is 3.30. The summed E-state index contributed by atoms with van der Waals surface area (Å²) in [6.07, 6.45) is 0.803. The van der Waals surface area contributed by atoms with Crippen molar-refractivity contribution in [3.8, 4) is 10.7 Å². The summed E-state index contributed by atoms with van der Waals surface area (Å²) in [5.74, 6) is 0.700. The van der Waals surface area contributed by atoms with Gasteiger partial charge < -0.3 is 4.74 Å². The predicted octanol–water partition coefficient (Wildman–Crippen LogP) is 3.69. The molecule has 0 fully saturated rings. The maximum atomic E-state index is 6.17. The van der Waals surface area contributed by atoms with E-state index in [2.05, 4.69) is 25.9 Å². The molecule has 0 radical (unpaired) electrons. The number of aromatic nitrogens is 2. The van der Waals surface area contributed by atoms with Crippen LogP contribution in [0.4, 0.5) is 0 Å². The van der Waals surface area contributed by atoms with E-state index >= 15 is 0 Å². The Morgan fingerprint density at radius 2 is 2.24 bits per heavy atom. The maximum absolute atomic E-state index is 6.17. The van der Waals surface area contributed by atoms with Gasteiger partial charge in [0.1, 0.15) is 5.15 Å². The number of hydrogen-bond donors (Lipinski definition) is 0. The third-order valence-corrected chi connectivity index (χ3v) is 4.50. The Morgan fingerprint density at radius 1 is 1.35 bits per heavy atom. The molecule has 88 valence electrons. The Morgan fingerprint density at radius 3 is 3.00 bits per heavy atom. The lowest BCUT2D eigenvalue weighted by Gasteiger charge is -2.16. The van der Waals surface area contributed by atoms with E-state index in [1.807, 2.05) is 12.1 Å². The Labute approximate surface area is 116 Å². The van der Waals surface area contributed by atoms with E-state index in [9.17, 15) is 0 Å². The molecule has 2 aromatic rings. The molecule has 0 spiro atoms. The Balaban J connectivity index is 2.10. The van der Waals surface area contributed by atoms with Crippen LogP contribution in [0.3, 0.4) is 0 Å². The second-order valence-electron chi connectivity index (χ2n) is 3.67. The quantitative estimate of drug-likeness (QED) is 0.748. The minimum absolute atomic E-state index is 0.509. The fourth-order valence-electron chi connectivity index (χ4n) is 1.74. The van der Waals surface area contributed by atoms with E-state index in [4.69, 9.17) is 16.3 Å². The van der Waals surface area contributed by atoms with Crippen LogP contribution in [0, 0.1) is 0 Å². The van der Waals surface area contributed by atoms with Gasteiger partial charge in [0.15, 0.2) is 5.82 Å². The largest absolute Gasteiger partial charge is 0.376 e. The van der Waals surface area contributed by atoms with Gasteiger partial charge in [-0.05, 0) is 28.1 Å². The summed E-state index contributed by atoms with van der Waals surface area (Å²) in [6, 6.07) is 3.98. The van der Waals surface area contributed by atoms with E-state index in [0.29, 0.717) is 24.2 Å². The van der Waals surface area contributed by atoms with Gasteiger partial charge in [0, 0.05) is 12.0 Å². The molecule has 0 aromatic carbocycles. The molecule has 0 saturated heterocycles. The van der Waals surface area contributed by atoms with Crippen LogP contribution in [0.1, 0.15) is 11.3 Å². The van der Waals surface area contributed by atoms with Gasteiger partial charge in [0.25, 0.3) is 0 Å². The molecule has 1 aliphatic heterocycles. The standard InChI is InChI=1S/C11H8BrClN2OS/c12-9-2-1-8(17-9)11-14-7-3-4-16-5-6(7)10(13)15-11/h1-2H,3-5H2. The lowest BCUT2D eigenvalue weighted by molar-refractivity contribution is 0.109. The number of halogens is 2. The van der Waals surface area contributed by atoms with Gasteiger partial charge in [-0.2, -0.15) is 0 Å². The third kappa shape index (κ3) is 2.25. The molecule has 0 aliphatic carbocycles. The van der Waals surface area contributed by atoms with E-state index in [0.717, 1.165) is 26.3 Å². The average Bonchev–Trinajstić information content (AvgIpc) is 2.76. The van der Waals surface area contributed by atoms with Crippen LogP contribution in [0.5, 0.6) is 0 Å². The molecule has 2 aromatic heterocycles. The zero-order valence-electron chi connectivity index (χ0n) is 8.74. The van der Waals surface area contributed by atoms with E-state index < -0.39 is 0 Å². The Hall–Kier alpha value is -0.490. The van der Waals surface area contributed by atoms with Gasteiger partial charge in [-0.3, -0.25) is 0 Å². The van der Waals surface area contributed by atoms with Gasteiger partial charge in [-0.1, -0.05) is 11.6 Å². The lowest BCUT2D eigenvalue weighted by atomic mass is 10.1. The van der Waals surface area contributed by atoms with Crippen molar-refractivity contribution >= 4 is 38.9 Å². The van der Waals surface area contributed by atoms with Crippen molar-refractivity contribution in [2.24, 2.45) is 0 Å². The first-order valence-corrected chi connectivity index (χ1v) is 7.11. The number of rotatable bonds is 1. The van der Waals surface area contributed by atoms with Gasteiger partial charge >= 0.3 is 0 Å². The minimum Gasteiger partial charge on any atom is -0.376 e. The van der Waals surface area contributed by atoms with Gasteiger partial charge in [0.2, 0.25) is 0 Å². The second kappa shape index (κ2) is 4.65. The highest BCUT2D eigenvalue weighted by molar-refractivity contribution is 9.11. The molecule has 0 saturated carbocycles.